The number of carbonyl (C=O) groups excluding carboxylic acids is 2. The molecule has 2 N–H and O–H groups in total. The number of alkyl halides is 3. The first-order chi connectivity index (χ1) is 14.7. The molecular formula is C20H21F3N2O5S2. The van der Waals surface area contributed by atoms with Crippen molar-refractivity contribution in [1.82, 2.24) is 5.32 Å². The summed E-state index contributed by atoms with van der Waals surface area (Å²) in [6, 6.07) is 5.06. The number of carbonyl (C=O) groups is 3. The number of nitrogens with zero attached hydrogens (tertiary/aromatic N) is 1. The molecule has 2 aromatic heterocycles. The Morgan fingerprint density at radius 2 is 1.81 bits per heavy atom. The van der Waals surface area contributed by atoms with Crippen molar-refractivity contribution >= 4 is 40.5 Å². The van der Waals surface area contributed by atoms with Gasteiger partial charge in [-0.3, -0.25) is 9.59 Å². The molecule has 0 saturated heterocycles. The van der Waals surface area contributed by atoms with Gasteiger partial charge >= 0.3 is 12.1 Å². The van der Waals surface area contributed by atoms with Crippen molar-refractivity contribution in [1.29, 1.82) is 0 Å². The molecule has 0 aliphatic heterocycles. The lowest BCUT2D eigenvalue weighted by Gasteiger charge is -2.29. The van der Waals surface area contributed by atoms with Gasteiger partial charge in [0.15, 0.2) is 0 Å². The highest BCUT2D eigenvalue weighted by Crippen LogP contribution is 2.16. The second-order valence-corrected chi connectivity index (χ2v) is 9.32. The first kappa shape index (κ1) is 27.2. The topological polar surface area (TPSA) is 107 Å². The van der Waals surface area contributed by atoms with Gasteiger partial charge in [-0.05, 0) is 23.6 Å². The first-order valence-electron chi connectivity index (χ1n) is 8.92. The van der Waals surface area contributed by atoms with Crippen LogP contribution in [0.4, 0.5) is 13.2 Å². The van der Waals surface area contributed by atoms with Gasteiger partial charge in [-0.1, -0.05) is 11.8 Å². The van der Waals surface area contributed by atoms with E-state index in [1.54, 1.807) is 17.4 Å². The molecule has 1 amide bonds. The molecule has 2 heterocycles. The molecule has 0 saturated carbocycles. The first-order valence-corrected chi connectivity index (χ1v) is 10.7. The van der Waals surface area contributed by atoms with Crippen molar-refractivity contribution < 1.29 is 42.3 Å². The maximum atomic E-state index is 12.4. The smallest absolute Gasteiger partial charge is 0.430 e. The van der Waals surface area contributed by atoms with Crippen LogP contribution in [0.3, 0.4) is 0 Å². The molecule has 0 unspecified atom stereocenters. The predicted molar refractivity (Wildman–Crippen MR) is 112 cm³/mol. The van der Waals surface area contributed by atoms with Gasteiger partial charge in [0.25, 0.3) is 5.91 Å². The number of quaternary nitrogens is 1. The highest BCUT2D eigenvalue weighted by Gasteiger charge is 2.28. The van der Waals surface area contributed by atoms with Crippen molar-refractivity contribution in [3.63, 3.8) is 0 Å². The zero-order chi connectivity index (χ0) is 24.5. The van der Waals surface area contributed by atoms with E-state index in [2.05, 4.69) is 17.2 Å². The largest absolute Gasteiger partial charge is 0.542 e. The van der Waals surface area contributed by atoms with Crippen LogP contribution in [-0.2, 0) is 9.59 Å². The van der Waals surface area contributed by atoms with Crippen molar-refractivity contribution in [2.45, 2.75) is 18.6 Å². The van der Waals surface area contributed by atoms with Gasteiger partial charge in [0.05, 0.1) is 49.9 Å². The van der Waals surface area contributed by atoms with Crippen LogP contribution >= 0.6 is 22.7 Å². The number of amides is 1. The summed E-state index contributed by atoms with van der Waals surface area (Å²) in [4.78, 5) is 33.6. The summed E-state index contributed by atoms with van der Waals surface area (Å²) in [5.41, 5.74) is 0.953. The van der Waals surface area contributed by atoms with E-state index in [1.165, 1.54) is 11.3 Å². The fourth-order valence-electron chi connectivity index (χ4n) is 2.29. The lowest BCUT2D eigenvalue weighted by atomic mass is 10.2. The van der Waals surface area contributed by atoms with E-state index in [1.807, 2.05) is 44.0 Å². The zero-order valence-corrected chi connectivity index (χ0v) is 19.0. The Kier molecular flexibility index (Phi) is 9.89. The normalized spacial score (nSPS) is 11.9. The number of halogens is 3. The molecule has 2 aromatic rings. The van der Waals surface area contributed by atoms with Gasteiger partial charge in [0.2, 0.25) is 0 Å². The summed E-state index contributed by atoms with van der Waals surface area (Å²) in [7, 11) is 5.89. The zero-order valence-electron chi connectivity index (χ0n) is 17.4. The maximum absolute atomic E-state index is 12.4. The third-order valence-electron chi connectivity index (χ3n) is 3.44. The average Bonchev–Trinajstić information content (AvgIpc) is 3.29. The van der Waals surface area contributed by atoms with E-state index in [0.717, 1.165) is 10.4 Å². The molecule has 0 fully saturated rings. The van der Waals surface area contributed by atoms with E-state index in [0.29, 0.717) is 15.9 Å². The van der Waals surface area contributed by atoms with Gasteiger partial charge in [-0.25, -0.2) is 0 Å². The number of aliphatic carboxylic acids is 2. The molecule has 0 aliphatic carbocycles. The molecule has 2 rings (SSSR count). The van der Waals surface area contributed by atoms with Crippen LogP contribution in [0.1, 0.15) is 26.5 Å². The van der Waals surface area contributed by atoms with Crippen LogP contribution in [0.25, 0.3) is 0 Å². The monoisotopic (exact) mass is 490 g/mol. The van der Waals surface area contributed by atoms with Gasteiger partial charge in [-0.15, -0.1) is 11.3 Å². The minimum absolute atomic E-state index is 0.0997. The number of hydrogen-bond donors (Lipinski definition) is 2. The molecule has 32 heavy (non-hydrogen) atoms. The Hall–Kier alpha value is -2.88. The van der Waals surface area contributed by atoms with Crippen molar-refractivity contribution in [3.05, 3.63) is 44.3 Å². The van der Waals surface area contributed by atoms with Crippen LogP contribution in [0.2, 0.25) is 0 Å². The Bertz CT molecular complexity index is 984. The Labute approximate surface area is 190 Å². The molecule has 12 heteroatoms. The summed E-state index contributed by atoms with van der Waals surface area (Å²) in [6.07, 6.45) is -5.29. The number of thiophene rings is 2. The van der Waals surface area contributed by atoms with Gasteiger partial charge in [0.1, 0.15) is 5.97 Å². The highest BCUT2D eigenvalue weighted by atomic mass is 32.1. The molecular weight excluding hydrogens is 469 g/mol. The van der Waals surface area contributed by atoms with Crippen molar-refractivity contribution in [3.8, 4) is 11.8 Å². The van der Waals surface area contributed by atoms with Crippen molar-refractivity contribution in [2.24, 2.45) is 0 Å². The second kappa shape index (κ2) is 11.7. The minimum atomic E-state index is -5.19. The standard InChI is InChI=1S/C18H20N2O3S2.C2HF3O2/c1-20(2,3)11-14(10-17(21)22)19-18(23)16-7-6-15(25-16)5-4-13-8-9-24-12-13;3-2(4,5)1(6)7/h6-9,12,14H,10-11H2,1-3H3,(H-,19,21,22,23);(H,6,7)/t14-;/m1./s1. The minimum Gasteiger partial charge on any atom is -0.542 e. The fraction of sp³-hybridized carbons (Fsp3) is 0.350. The SMILES string of the molecule is C[N+](C)(C)C[C@@H](CC(=O)O)NC(=O)c1ccc(C#Cc2ccsc2)s1.O=C([O-])C(F)(F)F. The van der Waals surface area contributed by atoms with E-state index in [4.69, 9.17) is 15.0 Å². The van der Waals surface area contributed by atoms with E-state index >= 15 is 0 Å². The second-order valence-electron chi connectivity index (χ2n) is 7.45. The summed E-state index contributed by atoms with van der Waals surface area (Å²) in [6.45, 7) is 0.536. The number of rotatable bonds is 6. The molecule has 1 atom stereocenters. The number of carboxylic acid groups (broad SMARTS) is 2. The molecule has 0 spiro atoms. The molecule has 0 aliphatic rings. The quantitative estimate of drug-likeness (QED) is 0.474. The fourth-order valence-corrected chi connectivity index (χ4v) is 3.64. The Morgan fingerprint density at radius 1 is 1.19 bits per heavy atom. The Morgan fingerprint density at radius 3 is 2.28 bits per heavy atom. The third kappa shape index (κ3) is 10.9. The van der Waals surface area contributed by atoms with E-state index < -0.39 is 24.2 Å². The molecule has 7 nitrogen and oxygen atoms in total. The summed E-state index contributed by atoms with van der Waals surface area (Å²) >= 11 is 2.90. The van der Waals surface area contributed by atoms with Gasteiger partial charge in [0, 0.05) is 10.9 Å². The van der Waals surface area contributed by atoms with Crippen LogP contribution < -0.4 is 10.4 Å². The summed E-state index contributed by atoms with van der Waals surface area (Å²) in [5, 5.41) is 24.6. The third-order valence-corrected chi connectivity index (χ3v) is 5.12. The molecule has 0 aromatic carbocycles. The lowest BCUT2D eigenvalue weighted by Crippen LogP contribution is -2.49. The lowest BCUT2D eigenvalue weighted by molar-refractivity contribution is -0.871. The Balaban J connectivity index is 0.000000633. The molecule has 0 bridgehead atoms. The number of likely N-dealkylation sites (N-methyl/N-ethyl adjacent to an activating group) is 1. The molecule has 0 radical (unpaired) electrons. The summed E-state index contributed by atoms with van der Waals surface area (Å²) in [5.74, 6) is 1.91. The number of carboxylic acids is 2. The van der Waals surface area contributed by atoms with Crippen LogP contribution in [-0.4, -0.2) is 67.3 Å². The van der Waals surface area contributed by atoms with Crippen LogP contribution in [0.15, 0.2) is 29.0 Å². The van der Waals surface area contributed by atoms with E-state index in [9.17, 15) is 22.8 Å². The maximum Gasteiger partial charge on any atom is 0.430 e. The highest BCUT2D eigenvalue weighted by molar-refractivity contribution is 7.14. The predicted octanol–water partition coefficient (Wildman–Crippen LogP) is 1.79. The number of hydrogen-bond acceptors (Lipinski definition) is 6. The van der Waals surface area contributed by atoms with Crippen LogP contribution in [0.5, 0.6) is 0 Å². The van der Waals surface area contributed by atoms with E-state index in [-0.39, 0.29) is 12.3 Å². The number of nitrogens with one attached hydrogen (secondary N) is 1. The van der Waals surface area contributed by atoms with Gasteiger partial charge < -0.3 is 24.8 Å². The summed E-state index contributed by atoms with van der Waals surface area (Å²) < 4.78 is 32.1. The average molecular weight is 491 g/mol. The van der Waals surface area contributed by atoms with Crippen molar-refractivity contribution in [2.75, 3.05) is 27.7 Å². The molecule has 174 valence electrons. The van der Waals surface area contributed by atoms with Gasteiger partial charge in [-0.2, -0.15) is 24.5 Å². The van der Waals surface area contributed by atoms with Crippen LogP contribution in [0, 0.1) is 11.8 Å².